The first-order valence-corrected chi connectivity index (χ1v) is 9.31. The first-order chi connectivity index (χ1) is 13.5. The Balaban J connectivity index is 2.01. The van der Waals surface area contributed by atoms with Crippen LogP contribution >= 0.6 is 12.2 Å². The van der Waals surface area contributed by atoms with Crippen LogP contribution in [0.15, 0.2) is 48.5 Å². The number of benzene rings is 2. The van der Waals surface area contributed by atoms with Gasteiger partial charge in [0.2, 0.25) is 11.8 Å². The summed E-state index contributed by atoms with van der Waals surface area (Å²) in [5.74, 6) is -3.18. The molecule has 0 heterocycles. The number of hydrogen-bond donors (Lipinski definition) is 4. The Kier molecular flexibility index (Phi) is 6.71. The summed E-state index contributed by atoms with van der Waals surface area (Å²) in [5.41, 5.74) is 13.0. The highest BCUT2D eigenvalue weighted by Gasteiger charge is 2.23. The molecule has 152 valence electrons. The van der Waals surface area contributed by atoms with Crippen molar-refractivity contribution in [3.05, 3.63) is 65.2 Å². The molecule has 0 saturated heterocycles. The Bertz CT molecular complexity index is 918. The Morgan fingerprint density at radius 3 is 1.86 bits per heavy atom. The molecule has 0 spiro atoms. The van der Waals surface area contributed by atoms with E-state index in [-0.39, 0.29) is 16.4 Å². The summed E-state index contributed by atoms with van der Waals surface area (Å²) in [5, 5.41) is 5.59. The minimum Gasteiger partial charge on any atom is -0.369 e. The highest BCUT2D eigenvalue weighted by atomic mass is 32.1. The lowest BCUT2D eigenvalue weighted by Crippen LogP contribution is -2.34. The lowest BCUT2D eigenvalue weighted by atomic mass is 9.87. The first kappa shape index (κ1) is 22.0. The van der Waals surface area contributed by atoms with E-state index in [1.54, 1.807) is 24.3 Å². The molecule has 3 amide bonds. The minimum absolute atomic E-state index is 0.0000602. The van der Waals surface area contributed by atoms with Gasteiger partial charge in [-0.3, -0.25) is 19.7 Å². The third-order valence-corrected chi connectivity index (χ3v) is 4.52. The molecule has 2 aromatic rings. The van der Waals surface area contributed by atoms with Crippen LogP contribution in [-0.2, 0) is 15.0 Å². The molecule has 6 N–H and O–H groups in total. The molecule has 0 aromatic heterocycles. The van der Waals surface area contributed by atoms with E-state index in [0.29, 0.717) is 16.8 Å². The summed E-state index contributed by atoms with van der Waals surface area (Å²) < 4.78 is 0. The summed E-state index contributed by atoms with van der Waals surface area (Å²) in [6, 6.07) is 13.6. The fourth-order valence-corrected chi connectivity index (χ4v) is 2.90. The molecule has 0 aliphatic carbocycles. The van der Waals surface area contributed by atoms with Crippen LogP contribution in [0.5, 0.6) is 0 Å². The largest absolute Gasteiger partial charge is 0.369 e. The summed E-state index contributed by atoms with van der Waals surface area (Å²) in [4.78, 5) is 35.1. The molecule has 8 heteroatoms. The highest BCUT2D eigenvalue weighted by molar-refractivity contribution is 7.80. The number of nitrogens with two attached hydrogens (primary N) is 2. The zero-order valence-corrected chi connectivity index (χ0v) is 17.3. The number of thiocarbonyl (C=S) groups is 1. The van der Waals surface area contributed by atoms with Crippen LogP contribution < -0.4 is 22.1 Å². The quantitative estimate of drug-likeness (QED) is 0.442. The minimum atomic E-state index is -1.20. The second-order valence-electron chi connectivity index (χ2n) is 7.60. The van der Waals surface area contributed by atoms with E-state index in [4.69, 9.17) is 23.7 Å². The molecular weight excluding hydrogens is 388 g/mol. The summed E-state index contributed by atoms with van der Waals surface area (Å²) in [6.45, 7) is 6.30. The van der Waals surface area contributed by atoms with Crippen LogP contribution in [0.1, 0.15) is 48.2 Å². The van der Waals surface area contributed by atoms with Crippen molar-refractivity contribution in [2.75, 3.05) is 5.32 Å². The third kappa shape index (κ3) is 5.86. The van der Waals surface area contributed by atoms with Crippen molar-refractivity contribution in [1.82, 2.24) is 5.32 Å². The number of carbonyl (C=O) groups excluding carboxylic acids is 3. The normalized spacial score (nSPS) is 11.0. The van der Waals surface area contributed by atoms with Gasteiger partial charge in [-0.1, -0.05) is 45.0 Å². The van der Waals surface area contributed by atoms with Gasteiger partial charge in [0, 0.05) is 11.3 Å². The van der Waals surface area contributed by atoms with Crippen molar-refractivity contribution >= 4 is 40.7 Å². The van der Waals surface area contributed by atoms with E-state index in [2.05, 4.69) is 31.4 Å². The second kappa shape index (κ2) is 8.83. The van der Waals surface area contributed by atoms with Crippen LogP contribution in [0, 0.1) is 0 Å². The molecule has 0 atom stereocenters. The number of primary amides is 2. The zero-order chi connectivity index (χ0) is 21.8. The van der Waals surface area contributed by atoms with Gasteiger partial charge in [0.25, 0.3) is 5.91 Å². The molecule has 7 nitrogen and oxygen atoms in total. The van der Waals surface area contributed by atoms with E-state index in [9.17, 15) is 14.4 Å². The number of hydrogen-bond acceptors (Lipinski definition) is 4. The summed E-state index contributed by atoms with van der Waals surface area (Å²) in [7, 11) is 0. The van der Waals surface area contributed by atoms with E-state index in [1.165, 1.54) is 12.1 Å². The van der Waals surface area contributed by atoms with E-state index in [0.717, 1.165) is 5.56 Å². The van der Waals surface area contributed by atoms with E-state index in [1.807, 2.05) is 12.1 Å². The molecule has 0 saturated carbocycles. The number of nitrogens with one attached hydrogen (secondary N) is 2. The number of amides is 3. The predicted octanol–water partition coefficient (Wildman–Crippen LogP) is 2.17. The molecule has 0 aliphatic heterocycles. The molecular formula is C21H24N4O3S. The van der Waals surface area contributed by atoms with E-state index < -0.39 is 17.7 Å². The Morgan fingerprint density at radius 2 is 1.41 bits per heavy atom. The van der Waals surface area contributed by atoms with Crippen molar-refractivity contribution in [3.8, 4) is 0 Å². The lowest BCUT2D eigenvalue weighted by molar-refractivity contribution is -0.128. The van der Waals surface area contributed by atoms with Gasteiger partial charge < -0.3 is 16.8 Å². The molecule has 0 fully saturated rings. The molecule has 0 unspecified atom stereocenters. The van der Waals surface area contributed by atoms with Gasteiger partial charge in [0.1, 0.15) is 5.92 Å². The Hall–Kier alpha value is -3.26. The lowest BCUT2D eigenvalue weighted by Gasteiger charge is -2.19. The maximum absolute atomic E-state index is 12.4. The molecule has 0 aliphatic rings. The van der Waals surface area contributed by atoms with Gasteiger partial charge in [0.15, 0.2) is 5.11 Å². The van der Waals surface area contributed by atoms with Crippen molar-refractivity contribution in [1.29, 1.82) is 0 Å². The smallest absolute Gasteiger partial charge is 0.257 e. The SMILES string of the molecule is CC(C)(C)c1ccc(C(=O)NC(=S)Nc2ccc(C(C(N)=O)C(N)=O)cc2)cc1. The van der Waals surface area contributed by atoms with Crippen molar-refractivity contribution in [3.63, 3.8) is 0 Å². The maximum Gasteiger partial charge on any atom is 0.257 e. The first-order valence-electron chi connectivity index (χ1n) is 8.90. The molecule has 2 aromatic carbocycles. The van der Waals surface area contributed by atoms with Crippen molar-refractivity contribution in [2.45, 2.75) is 32.1 Å². The maximum atomic E-state index is 12.4. The van der Waals surface area contributed by atoms with Crippen LogP contribution in [0.4, 0.5) is 5.69 Å². The predicted molar refractivity (Wildman–Crippen MR) is 116 cm³/mol. The zero-order valence-electron chi connectivity index (χ0n) is 16.5. The van der Waals surface area contributed by atoms with Crippen LogP contribution in [0.25, 0.3) is 0 Å². The van der Waals surface area contributed by atoms with Gasteiger partial charge in [-0.05, 0) is 53.0 Å². The molecule has 2 rings (SSSR count). The third-order valence-electron chi connectivity index (χ3n) is 4.31. The van der Waals surface area contributed by atoms with Crippen molar-refractivity contribution in [2.24, 2.45) is 11.5 Å². The van der Waals surface area contributed by atoms with Gasteiger partial charge in [-0.15, -0.1) is 0 Å². The van der Waals surface area contributed by atoms with Gasteiger partial charge in [-0.25, -0.2) is 0 Å². The Morgan fingerprint density at radius 1 is 0.897 bits per heavy atom. The number of carbonyl (C=O) groups is 3. The topological polar surface area (TPSA) is 127 Å². The fourth-order valence-electron chi connectivity index (χ4n) is 2.69. The number of rotatable bonds is 5. The number of anilines is 1. The van der Waals surface area contributed by atoms with Gasteiger partial charge in [-0.2, -0.15) is 0 Å². The van der Waals surface area contributed by atoms with Crippen LogP contribution in [-0.4, -0.2) is 22.8 Å². The van der Waals surface area contributed by atoms with Gasteiger partial charge >= 0.3 is 0 Å². The highest BCUT2D eigenvalue weighted by Crippen LogP contribution is 2.22. The molecule has 29 heavy (non-hydrogen) atoms. The van der Waals surface area contributed by atoms with Crippen molar-refractivity contribution < 1.29 is 14.4 Å². The molecule has 0 bridgehead atoms. The monoisotopic (exact) mass is 412 g/mol. The molecule has 0 radical (unpaired) electrons. The second-order valence-corrected chi connectivity index (χ2v) is 8.00. The van der Waals surface area contributed by atoms with E-state index >= 15 is 0 Å². The Labute approximate surface area is 174 Å². The standard InChI is InChI=1S/C21H24N4O3S/c1-21(2,3)14-8-4-13(5-9-14)19(28)25-20(29)24-15-10-6-12(7-11-15)16(17(22)26)18(23)27/h4-11,16H,1-3H3,(H2,22,26)(H2,23,27)(H2,24,25,28,29). The summed E-state index contributed by atoms with van der Waals surface area (Å²) >= 11 is 5.17. The van der Waals surface area contributed by atoms with Crippen LogP contribution in [0.3, 0.4) is 0 Å². The fraction of sp³-hybridized carbons (Fsp3) is 0.238. The van der Waals surface area contributed by atoms with Gasteiger partial charge in [0.05, 0.1) is 0 Å². The van der Waals surface area contributed by atoms with Crippen LogP contribution in [0.2, 0.25) is 0 Å². The average molecular weight is 413 g/mol. The summed E-state index contributed by atoms with van der Waals surface area (Å²) in [6.07, 6.45) is 0. The average Bonchev–Trinajstić information content (AvgIpc) is 2.62.